The molecule has 0 amide bonds. The summed E-state index contributed by atoms with van der Waals surface area (Å²) in [5.41, 5.74) is 4.27. The van der Waals surface area contributed by atoms with Crippen LogP contribution in [0.3, 0.4) is 0 Å². The summed E-state index contributed by atoms with van der Waals surface area (Å²) < 4.78 is 0. The molecule has 2 rings (SSSR count). The standard InChI is InChI=1S/C15H17N3S/c1-11-6-13(7-16)4-5-14(11)8-18(3)9-15-10-19-12(2)17-15/h4-6,10H,8-9H2,1-3H3. The molecule has 1 heterocycles. The molecule has 0 N–H and O–H groups in total. The van der Waals surface area contributed by atoms with Crippen molar-refractivity contribution >= 4 is 11.3 Å². The lowest BCUT2D eigenvalue weighted by molar-refractivity contribution is 0.315. The van der Waals surface area contributed by atoms with Gasteiger partial charge >= 0.3 is 0 Å². The minimum atomic E-state index is 0.721. The van der Waals surface area contributed by atoms with Gasteiger partial charge in [0.05, 0.1) is 22.3 Å². The van der Waals surface area contributed by atoms with E-state index in [4.69, 9.17) is 5.26 Å². The Morgan fingerprint density at radius 2 is 2.11 bits per heavy atom. The Bertz CT molecular complexity index is 610. The van der Waals surface area contributed by atoms with Gasteiger partial charge in [-0.05, 0) is 44.2 Å². The fraction of sp³-hybridized carbons (Fsp3) is 0.333. The summed E-state index contributed by atoms with van der Waals surface area (Å²) in [6, 6.07) is 8.03. The monoisotopic (exact) mass is 271 g/mol. The SMILES string of the molecule is Cc1nc(CN(C)Cc2ccc(C#N)cc2C)cs1. The minimum Gasteiger partial charge on any atom is -0.296 e. The van der Waals surface area contributed by atoms with Crippen LogP contribution in [0, 0.1) is 25.2 Å². The quantitative estimate of drug-likeness (QED) is 0.857. The first kappa shape index (κ1) is 13.7. The van der Waals surface area contributed by atoms with Gasteiger partial charge in [-0.2, -0.15) is 5.26 Å². The fourth-order valence-electron chi connectivity index (χ4n) is 2.05. The van der Waals surface area contributed by atoms with E-state index in [1.165, 1.54) is 11.1 Å². The molecule has 0 radical (unpaired) electrons. The van der Waals surface area contributed by atoms with E-state index >= 15 is 0 Å². The smallest absolute Gasteiger partial charge is 0.0991 e. The van der Waals surface area contributed by atoms with Crippen LogP contribution in [0.15, 0.2) is 23.6 Å². The van der Waals surface area contributed by atoms with Gasteiger partial charge in [-0.3, -0.25) is 4.90 Å². The topological polar surface area (TPSA) is 39.9 Å². The zero-order valence-corrected chi connectivity index (χ0v) is 12.3. The lowest BCUT2D eigenvalue weighted by Gasteiger charge is -2.17. The summed E-state index contributed by atoms with van der Waals surface area (Å²) in [6.07, 6.45) is 0. The predicted molar refractivity (Wildman–Crippen MR) is 77.9 cm³/mol. The largest absolute Gasteiger partial charge is 0.296 e. The van der Waals surface area contributed by atoms with E-state index in [1.54, 1.807) is 11.3 Å². The molecule has 0 saturated carbocycles. The van der Waals surface area contributed by atoms with Gasteiger partial charge < -0.3 is 0 Å². The number of aryl methyl sites for hydroxylation is 2. The molecule has 98 valence electrons. The normalized spacial score (nSPS) is 10.7. The van der Waals surface area contributed by atoms with Crippen LogP contribution in [0.2, 0.25) is 0 Å². The molecule has 0 aliphatic heterocycles. The van der Waals surface area contributed by atoms with Crippen LogP contribution in [0.1, 0.15) is 27.4 Å². The van der Waals surface area contributed by atoms with Crippen molar-refractivity contribution in [3.63, 3.8) is 0 Å². The average molecular weight is 271 g/mol. The van der Waals surface area contributed by atoms with E-state index in [0.29, 0.717) is 0 Å². The Kier molecular flexibility index (Phi) is 4.31. The lowest BCUT2D eigenvalue weighted by atomic mass is 10.1. The Labute approximate surface area is 118 Å². The van der Waals surface area contributed by atoms with Gasteiger partial charge in [0, 0.05) is 18.5 Å². The summed E-state index contributed by atoms with van der Waals surface area (Å²) in [6.45, 7) is 5.80. The van der Waals surface area contributed by atoms with Crippen molar-refractivity contribution in [2.45, 2.75) is 26.9 Å². The second-order valence-electron chi connectivity index (χ2n) is 4.78. The molecule has 0 saturated heterocycles. The highest BCUT2D eigenvalue weighted by Gasteiger charge is 2.07. The van der Waals surface area contributed by atoms with E-state index in [0.717, 1.165) is 29.4 Å². The van der Waals surface area contributed by atoms with Gasteiger partial charge in [0.1, 0.15) is 0 Å². The van der Waals surface area contributed by atoms with Gasteiger partial charge in [-0.15, -0.1) is 11.3 Å². The molecule has 1 aromatic carbocycles. The Hall–Kier alpha value is -1.70. The fourth-order valence-corrected chi connectivity index (χ4v) is 2.65. The maximum absolute atomic E-state index is 8.86. The van der Waals surface area contributed by atoms with Crippen molar-refractivity contribution in [2.24, 2.45) is 0 Å². The average Bonchev–Trinajstić information content (AvgIpc) is 2.77. The van der Waals surface area contributed by atoms with Crippen molar-refractivity contribution < 1.29 is 0 Å². The minimum absolute atomic E-state index is 0.721. The highest BCUT2D eigenvalue weighted by Crippen LogP contribution is 2.15. The van der Waals surface area contributed by atoms with Crippen LogP contribution in [-0.2, 0) is 13.1 Å². The lowest BCUT2D eigenvalue weighted by Crippen LogP contribution is -2.18. The molecule has 1 aromatic heterocycles. The van der Waals surface area contributed by atoms with Gasteiger partial charge in [0.2, 0.25) is 0 Å². The van der Waals surface area contributed by atoms with Crippen LogP contribution < -0.4 is 0 Å². The first-order valence-corrected chi connectivity index (χ1v) is 7.05. The molecule has 0 aliphatic carbocycles. The molecule has 0 atom stereocenters. The molecule has 4 heteroatoms. The highest BCUT2D eigenvalue weighted by atomic mass is 32.1. The second kappa shape index (κ2) is 5.96. The number of nitriles is 1. The molecule has 0 fully saturated rings. The van der Waals surface area contributed by atoms with E-state index in [-0.39, 0.29) is 0 Å². The van der Waals surface area contributed by atoms with Crippen molar-refractivity contribution in [3.05, 3.63) is 51.0 Å². The molecule has 0 aliphatic rings. The predicted octanol–water partition coefficient (Wildman–Crippen LogP) is 3.26. The zero-order chi connectivity index (χ0) is 13.8. The Morgan fingerprint density at radius 1 is 1.32 bits per heavy atom. The van der Waals surface area contributed by atoms with Gasteiger partial charge in [-0.25, -0.2) is 4.98 Å². The first-order chi connectivity index (χ1) is 9.08. The van der Waals surface area contributed by atoms with E-state index in [2.05, 4.69) is 35.3 Å². The maximum atomic E-state index is 8.86. The number of hydrogen-bond donors (Lipinski definition) is 0. The number of thiazole rings is 1. The number of rotatable bonds is 4. The number of hydrogen-bond acceptors (Lipinski definition) is 4. The molecular weight excluding hydrogens is 254 g/mol. The summed E-state index contributed by atoms with van der Waals surface area (Å²) in [4.78, 5) is 6.71. The van der Waals surface area contributed by atoms with E-state index < -0.39 is 0 Å². The number of nitrogens with zero attached hydrogens (tertiary/aromatic N) is 3. The van der Waals surface area contributed by atoms with E-state index in [1.807, 2.05) is 25.1 Å². The summed E-state index contributed by atoms with van der Waals surface area (Å²) in [5, 5.41) is 12.1. The van der Waals surface area contributed by atoms with Crippen molar-refractivity contribution in [1.29, 1.82) is 5.26 Å². The Morgan fingerprint density at radius 3 is 2.68 bits per heavy atom. The van der Waals surface area contributed by atoms with E-state index in [9.17, 15) is 0 Å². The van der Waals surface area contributed by atoms with Crippen LogP contribution in [0.5, 0.6) is 0 Å². The Balaban J connectivity index is 2.03. The molecule has 3 nitrogen and oxygen atoms in total. The van der Waals surface area contributed by atoms with Crippen LogP contribution in [0.25, 0.3) is 0 Å². The first-order valence-electron chi connectivity index (χ1n) is 6.17. The maximum Gasteiger partial charge on any atom is 0.0991 e. The molecule has 0 unspecified atom stereocenters. The third-order valence-corrected chi connectivity index (χ3v) is 3.83. The highest BCUT2D eigenvalue weighted by molar-refractivity contribution is 7.09. The second-order valence-corrected chi connectivity index (χ2v) is 5.85. The number of aromatic nitrogens is 1. The van der Waals surface area contributed by atoms with Crippen LogP contribution in [0.4, 0.5) is 0 Å². The third kappa shape index (κ3) is 3.63. The third-order valence-electron chi connectivity index (χ3n) is 3.01. The molecule has 2 aromatic rings. The number of benzene rings is 1. The van der Waals surface area contributed by atoms with Crippen molar-refractivity contribution in [1.82, 2.24) is 9.88 Å². The molecule has 0 bridgehead atoms. The molecule has 19 heavy (non-hydrogen) atoms. The van der Waals surface area contributed by atoms with Gasteiger partial charge in [-0.1, -0.05) is 6.07 Å². The van der Waals surface area contributed by atoms with Crippen molar-refractivity contribution in [3.8, 4) is 6.07 Å². The molecular formula is C15H17N3S. The summed E-state index contributed by atoms with van der Waals surface area (Å²) in [5.74, 6) is 0. The van der Waals surface area contributed by atoms with Gasteiger partial charge in [0.15, 0.2) is 0 Å². The molecule has 0 spiro atoms. The summed E-state index contributed by atoms with van der Waals surface area (Å²) in [7, 11) is 2.09. The zero-order valence-electron chi connectivity index (χ0n) is 11.5. The van der Waals surface area contributed by atoms with Gasteiger partial charge in [0.25, 0.3) is 0 Å². The van der Waals surface area contributed by atoms with Crippen molar-refractivity contribution in [2.75, 3.05) is 7.05 Å². The van der Waals surface area contributed by atoms with Crippen LogP contribution >= 0.6 is 11.3 Å². The van der Waals surface area contributed by atoms with Crippen LogP contribution in [-0.4, -0.2) is 16.9 Å². The summed E-state index contributed by atoms with van der Waals surface area (Å²) >= 11 is 1.69.